The van der Waals surface area contributed by atoms with Gasteiger partial charge in [-0.25, -0.2) is 4.39 Å². The van der Waals surface area contributed by atoms with Crippen LogP contribution in [0.3, 0.4) is 0 Å². The van der Waals surface area contributed by atoms with Crippen molar-refractivity contribution in [3.8, 4) is 11.1 Å². The Morgan fingerprint density at radius 2 is 1.88 bits per heavy atom. The van der Waals surface area contributed by atoms with Crippen LogP contribution in [-0.4, -0.2) is 63.3 Å². The predicted octanol–water partition coefficient (Wildman–Crippen LogP) is 4.30. The molecule has 0 aliphatic carbocycles. The Kier molecular flexibility index (Phi) is 7.87. The number of amides is 1. The molecule has 10 heteroatoms. The maximum atomic E-state index is 15.0. The van der Waals surface area contributed by atoms with Crippen LogP contribution in [0.15, 0.2) is 18.3 Å². The minimum atomic E-state index is -0.537. The number of carbonyl (C=O) groups excluding carboxylic acids is 1. The van der Waals surface area contributed by atoms with Gasteiger partial charge in [0.15, 0.2) is 5.82 Å². The highest BCUT2D eigenvalue weighted by Gasteiger charge is 2.23. The molecule has 0 unspecified atom stereocenters. The van der Waals surface area contributed by atoms with Crippen molar-refractivity contribution in [2.24, 2.45) is 7.05 Å². The lowest BCUT2D eigenvalue weighted by molar-refractivity contribution is 0.0927. The van der Waals surface area contributed by atoms with Gasteiger partial charge in [-0.1, -0.05) is 0 Å². The maximum Gasteiger partial charge on any atom is 0.270 e. The maximum absolute atomic E-state index is 15.0. The number of aryl methyl sites for hydroxylation is 1. The Labute approximate surface area is 196 Å². The predicted molar refractivity (Wildman–Crippen MR) is 124 cm³/mol. The largest absolute Gasteiger partial charge is 0.348 e. The van der Waals surface area contributed by atoms with Crippen molar-refractivity contribution in [3.63, 3.8) is 0 Å². The fraction of sp³-hybridized carbons (Fsp3) is 0.542. The number of hydrogen-bond acceptors (Lipinski definition) is 4. The molecule has 0 radical (unpaired) electrons. The highest BCUT2D eigenvalue weighted by atomic mass is 19.1. The summed E-state index contributed by atoms with van der Waals surface area (Å²) in [6.07, 6.45) is 5.42. The number of halogens is 3. The van der Waals surface area contributed by atoms with Gasteiger partial charge in [-0.3, -0.25) is 28.3 Å². The molecule has 0 bridgehead atoms. The molecule has 1 aliphatic rings. The summed E-state index contributed by atoms with van der Waals surface area (Å²) in [5.41, 5.74) is 2.61. The van der Waals surface area contributed by atoms with Crippen molar-refractivity contribution >= 4 is 16.8 Å². The summed E-state index contributed by atoms with van der Waals surface area (Å²) in [7, 11) is 1.87. The van der Waals surface area contributed by atoms with Crippen LogP contribution >= 0.6 is 0 Å². The van der Waals surface area contributed by atoms with Gasteiger partial charge in [-0.2, -0.15) is 10.2 Å². The molecule has 2 aromatic heterocycles. The number of likely N-dealkylation sites (tertiary alicyclic amines) is 1. The van der Waals surface area contributed by atoms with E-state index in [0.29, 0.717) is 23.8 Å². The molecule has 1 aliphatic heterocycles. The molecular formula is C24H31F3N6O. The minimum absolute atomic E-state index is 0.0722. The number of hydrogen-bond donors (Lipinski definition) is 2. The van der Waals surface area contributed by atoms with Gasteiger partial charge in [0.05, 0.1) is 25.2 Å². The first-order chi connectivity index (χ1) is 16.5. The third-order valence-corrected chi connectivity index (χ3v) is 6.49. The van der Waals surface area contributed by atoms with Crippen LogP contribution in [0.2, 0.25) is 0 Å². The number of benzene rings is 1. The lowest BCUT2D eigenvalue weighted by Crippen LogP contribution is -2.35. The standard InChI is InChI=1S/C24H31F3N6O/c1-32-21(15-33-10-2-3-11-33)19(14-28-32)16-12-18-22(20(27)13-16)30-31-23(18)24(34)29-17(6-4-8-25)7-5-9-26/h12-14,17H,2-11,15H2,1H3,(H,29,34)(H,30,31). The Hall–Kier alpha value is -2.88. The van der Waals surface area contributed by atoms with Crippen molar-refractivity contribution in [1.29, 1.82) is 0 Å². The molecule has 0 saturated carbocycles. The molecular weight excluding hydrogens is 445 g/mol. The van der Waals surface area contributed by atoms with Gasteiger partial charge in [0.1, 0.15) is 11.2 Å². The fourth-order valence-electron chi connectivity index (χ4n) is 4.64. The molecule has 3 heterocycles. The van der Waals surface area contributed by atoms with Crippen molar-refractivity contribution in [3.05, 3.63) is 35.5 Å². The molecule has 184 valence electrons. The van der Waals surface area contributed by atoms with Crippen LogP contribution in [0.5, 0.6) is 0 Å². The Bertz CT molecular complexity index is 1110. The van der Waals surface area contributed by atoms with E-state index in [4.69, 9.17) is 0 Å². The van der Waals surface area contributed by atoms with E-state index in [2.05, 4.69) is 25.5 Å². The molecule has 1 saturated heterocycles. The number of alkyl halides is 2. The van der Waals surface area contributed by atoms with Crippen LogP contribution in [0.1, 0.15) is 54.7 Å². The van der Waals surface area contributed by atoms with E-state index in [1.807, 2.05) is 7.05 Å². The number of fused-ring (bicyclic) bond motifs is 1. The van der Waals surface area contributed by atoms with Gasteiger partial charge >= 0.3 is 0 Å². The summed E-state index contributed by atoms with van der Waals surface area (Å²) >= 11 is 0. The van der Waals surface area contributed by atoms with Gasteiger partial charge in [-0.05, 0) is 69.3 Å². The lowest BCUT2D eigenvalue weighted by Gasteiger charge is -2.17. The first-order valence-electron chi connectivity index (χ1n) is 11.9. The van der Waals surface area contributed by atoms with Gasteiger partial charge in [0.2, 0.25) is 0 Å². The average Bonchev–Trinajstić information content (AvgIpc) is 3.57. The average molecular weight is 477 g/mol. The Morgan fingerprint density at radius 1 is 1.18 bits per heavy atom. The third kappa shape index (κ3) is 5.27. The summed E-state index contributed by atoms with van der Waals surface area (Å²) in [6, 6.07) is 2.80. The van der Waals surface area contributed by atoms with Gasteiger partial charge in [0.25, 0.3) is 5.91 Å². The number of rotatable bonds is 11. The zero-order valence-corrected chi connectivity index (χ0v) is 19.4. The van der Waals surface area contributed by atoms with E-state index >= 15 is 4.39 Å². The van der Waals surface area contributed by atoms with Crippen molar-refractivity contribution in [2.45, 2.75) is 51.1 Å². The summed E-state index contributed by atoms with van der Waals surface area (Å²) in [4.78, 5) is 15.3. The molecule has 1 fully saturated rings. The summed E-state index contributed by atoms with van der Waals surface area (Å²) in [5, 5.41) is 14.2. The highest BCUT2D eigenvalue weighted by molar-refractivity contribution is 6.06. The van der Waals surface area contributed by atoms with Crippen LogP contribution in [0.25, 0.3) is 22.0 Å². The van der Waals surface area contributed by atoms with E-state index in [1.54, 1.807) is 16.9 Å². The lowest BCUT2D eigenvalue weighted by atomic mass is 10.0. The van der Waals surface area contributed by atoms with E-state index in [1.165, 1.54) is 18.9 Å². The summed E-state index contributed by atoms with van der Waals surface area (Å²) in [6.45, 7) is 1.75. The van der Waals surface area contributed by atoms with Crippen LogP contribution in [-0.2, 0) is 13.6 Å². The first kappa shape index (κ1) is 24.3. The smallest absolute Gasteiger partial charge is 0.270 e. The molecule has 3 aromatic rings. The van der Waals surface area contributed by atoms with Crippen LogP contribution in [0, 0.1) is 5.82 Å². The van der Waals surface area contributed by atoms with Crippen LogP contribution in [0.4, 0.5) is 13.2 Å². The quantitative estimate of drug-likeness (QED) is 0.433. The Morgan fingerprint density at radius 3 is 2.56 bits per heavy atom. The topological polar surface area (TPSA) is 78.8 Å². The number of H-pyrrole nitrogens is 1. The molecule has 1 aromatic carbocycles. The molecule has 0 spiro atoms. The van der Waals surface area contributed by atoms with Gasteiger partial charge in [0, 0.05) is 30.6 Å². The molecule has 2 N–H and O–H groups in total. The molecule has 34 heavy (non-hydrogen) atoms. The normalized spacial score (nSPS) is 14.5. The van der Waals surface area contributed by atoms with Gasteiger partial charge in [-0.15, -0.1) is 0 Å². The van der Waals surface area contributed by atoms with Crippen molar-refractivity contribution in [1.82, 2.24) is 30.2 Å². The Balaban J connectivity index is 1.63. The zero-order valence-electron chi connectivity index (χ0n) is 19.4. The first-order valence-corrected chi connectivity index (χ1v) is 11.9. The highest BCUT2D eigenvalue weighted by Crippen LogP contribution is 2.31. The molecule has 0 atom stereocenters. The van der Waals surface area contributed by atoms with Crippen molar-refractivity contribution < 1.29 is 18.0 Å². The number of nitrogens with zero attached hydrogens (tertiary/aromatic N) is 4. The second-order valence-electron chi connectivity index (χ2n) is 8.90. The molecule has 1 amide bonds. The zero-order chi connectivity index (χ0) is 24.1. The number of aromatic nitrogens is 4. The monoisotopic (exact) mass is 476 g/mol. The third-order valence-electron chi connectivity index (χ3n) is 6.49. The summed E-state index contributed by atoms with van der Waals surface area (Å²) < 4.78 is 42.1. The SMILES string of the molecule is Cn1ncc(-c2cc(F)c3n[nH]c(C(=O)NC(CCCF)CCCF)c3c2)c1CN1CCCC1. The van der Waals surface area contributed by atoms with E-state index in [-0.39, 0.29) is 30.1 Å². The van der Waals surface area contributed by atoms with Gasteiger partial charge < -0.3 is 5.32 Å². The second kappa shape index (κ2) is 11.0. The number of aromatic amines is 1. The van der Waals surface area contributed by atoms with E-state index in [0.717, 1.165) is 30.9 Å². The minimum Gasteiger partial charge on any atom is -0.348 e. The number of carbonyl (C=O) groups is 1. The van der Waals surface area contributed by atoms with E-state index in [9.17, 15) is 13.6 Å². The fourth-order valence-corrected chi connectivity index (χ4v) is 4.64. The second-order valence-corrected chi connectivity index (χ2v) is 8.90. The summed E-state index contributed by atoms with van der Waals surface area (Å²) in [5.74, 6) is -1.00. The van der Waals surface area contributed by atoms with Crippen LogP contribution < -0.4 is 5.32 Å². The van der Waals surface area contributed by atoms with Crippen molar-refractivity contribution in [2.75, 3.05) is 26.4 Å². The molecule has 4 rings (SSSR count). The molecule has 7 nitrogen and oxygen atoms in total. The van der Waals surface area contributed by atoms with E-state index < -0.39 is 25.1 Å². The number of nitrogens with one attached hydrogen (secondary N) is 2.